The highest BCUT2D eigenvalue weighted by Crippen LogP contribution is 2.39. The number of hydrogen-bond donors (Lipinski definition) is 0. The number of halogens is 4. The van der Waals surface area contributed by atoms with E-state index in [1.165, 1.54) is 23.4 Å². The Balaban J connectivity index is 2.32. The molecule has 0 atom stereocenters. The average Bonchev–Trinajstić information content (AvgIpc) is 2.89. The smallest absolute Gasteiger partial charge is 0.323 e. The Morgan fingerprint density at radius 3 is 2.58 bits per heavy atom. The molecule has 1 amide bonds. The van der Waals surface area contributed by atoms with Gasteiger partial charge in [-0.1, -0.05) is 11.6 Å². The second kappa shape index (κ2) is 7.43. The minimum Gasteiger partial charge on any atom is -0.323 e. The maximum Gasteiger partial charge on any atom is 0.419 e. The summed E-state index contributed by atoms with van der Waals surface area (Å²) in [5, 5.41) is 3.89. The first-order chi connectivity index (χ1) is 11.3. The van der Waals surface area contributed by atoms with E-state index in [0.29, 0.717) is 24.9 Å². The van der Waals surface area contributed by atoms with Crippen LogP contribution in [0.25, 0.3) is 0 Å². The van der Waals surface area contributed by atoms with E-state index in [4.69, 9.17) is 11.6 Å². The molecule has 0 aliphatic rings. The second-order valence-corrected chi connectivity index (χ2v) is 6.02. The van der Waals surface area contributed by atoms with E-state index < -0.39 is 17.8 Å². The Kier molecular flexibility index (Phi) is 5.76. The van der Waals surface area contributed by atoms with Gasteiger partial charge >= 0.3 is 12.2 Å². The van der Waals surface area contributed by atoms with Crippen LogP contribution in [0.5, 0.6) is 0 Å². The Morgan fingerprint density at radius 1 is 1.33 bits per heavy atom. The number of hydrogen-bond acceptors (Lipinski definition) is 4. The van der Waals surface area contributed by atoms with Crippen molar-refractivity contribution in [2.24, 2.45) is 0 Å². The van der Waals surface area contributed by atoms with Crippen molar-refractivity contribution < 1.29 is 18.0 Å². The molecule has 2 aromatic heterocycles. The number of rotatable bonds is 4. The van der Waals surface area contributed by atoms with E-state index in [0.717, 1.165) is 10.7 Å². The van der Waals surface area contributed by atoms with E-state index in [1.807, 2.05) is 13.8 Å². The third kappa shape index (κ3) is 4.02. The molecule has 0 fully saturated rings. The minimum atomic E-state index is -4.54. The van der Waals surface area contributed by atoms with E-state index in [-0.39, 0.29) is 15.1 Å². The summed E-state index contributed by atoms with van der Waals surface area (Å²) in [5.41, 5.74) is -0.879. The molecule has 0 radical (unpaired) electrons. The minimum absolute atomic E-state index is 0.0827. The van der Waals surface area contributed by atoms with Gasteiger partial charge in [-0.25, -0.2) is 9.78 Å². The molecule has 0 unspecified atom stereocenters. The topological polar surface area (TPSA) is 51.0 Å². The highest BCUT2D eigenvalue weighted by atomic mass is 35.5. The Labute approximate surface area is 145 Å². The zero-order valence-electron chi connectivity index (χ0n) is 12.8. The predicted octanol–water partition coefficient (Wildman–Crippen LogP) is 4.41. The summed E-state index contributed by atoms with van der Waals surface area (Å²) in [7, 11) is 0. The summed E-state index contributed by atoms with van der Waals surface area (Å²) < 4.78 is 40.1. The van der Waals surface area contributed by atoms with Crippen LogP contribution < -0.4 is 0 Å². The third-order valence-electron chi connectivity index (χ3n) is 3.14. The van der Waals surface area contributed by atoms with Crippen molar-refractivity contribution in [1.29, 1.82) is 0 Å². The van der Waals surface area contributed by atoms with E-state index in [1.54, 1.807) is 0 Å². The van der Waals surface area contributed by atoms with Gasteiger partial charge in [0.25, 0.3) is 0 Å². The van der Waals surface area contributed by atoms with Crippen LogP contribution >= 0.6 is 23.4 Å². The van der Waals surface area contributed by atoms with Crippen LogP contribution in [0.3, 0.4) is 0 Å². The molecule has 0 aliphatic carbocycles. The maximum atomic E-state index is 13.0. The van der Waals surface area contributed by atoms with Gasteiger partial charge in [0.1, 0.15) is 10.1 Å². The first kappa shape index (κ1) is 18.6. The fourth-order valence-corrected chi connectivity index (χ4v) is 3.04. The first-order valence-corrected chi connectivity index (χ1v) is 8.21. The van der Waals surface area contributed by atoms with Gasteiger partial charge < -0.3 is 4.90 Å². The number of carbonyl (C=O) groups excluding carboxylic acids is 1. The molecule has 0 saturated carbocycles. The van der Waals surface area contributed by atoms with Crippen LogP contribution in [0.4, 0.5) is 18.0 Å². The summed E-state index contributed by atoms with van der Waals surface area (Å²) in [5.74, 6) is 0. The van der Waals surface area contributed by atoms with Gasteiger partial charge in [-0.15, -0.1) is 0 Å². The van der Waals surface area contributed by atoms with Crippen LogP contribution in [0.1, 0.15) is 19.4 Å². The molecule has 0 spiro atoms. The lowest BCUT2D eigenvalue weighted by atomic mass is 10.3. The molecule has 0 N–H and O–H groups in total. The number of alkyl halides is 3. The average molecular weight is 379 g/mol. The molecule has 5 nitrogen and oxygen atoms in total. The standard InChI is InChI=1S/C14H14ClF3N4OS/c1-3-21(4-2)13(23)22-8-10(15)12(20-22)24-11-9(14(16,17)18)6-5-7-19-11/h5-8H,3-4H2,1-2H3. The van der Waals surface area contributed by atoms with Gasteiger partial charge in [0.2, 0.25) is 0 Å². The van der Waals surface area contributed by atoms with Crippen LogP contribution in [-0.4, -0.2) is 38.8 Å². The highest BCUT2D eigenvalue weighted by molar-refractivity contribution is 7.99. The van der Waals surface area contributed by atoms with E-state index in [2.05, 4.69) is 10.1 Å². The number of nitrogens with zero attached hydrogens (tertiary/aromatic N) is 4. The van der Waals surface area contributed by atoms with Crippen LogP contribution in [-0.2, 0) is 6.18 Å². The summed E-state index contributed by atoms with van der Waals surface area (Å²) in [6.07, 6.45) is -2.01. The van der Waals surface area contributed by atoms with Crippen molar-refractivity contribution in [3.63, 3.8) is 0 Å². The van der Waals surface area contributed by atoms with Gasteiger partial charge in [0.15, 0.2) is 0 Å². The molecule has 0 saturated heterocycles. The highest BCUT2D eigenvalue weighted by Gasteiger charge is 2.34. The zero-order chi connectivity index (χ0) is 17.9. The summed E-state index contributed by atoms with van der Waals surface area (Å²) >= 11 is 6.68. The van der Waals surface area contributed by atoms with Crippen molar-refractivity contribution in [3.8, 4) is 0 Å². The summed E-state index contributed by atoms with van der Waals surface area (Å²) in [4.78, 5) is 17.5. The Hall–Kier alpha value is -1.74. The fraction of sp³-hybridized carbons (Fsp3) is 0.357. The number of aromatic nitrogens is 3. The molecule has 10 heteroatoms. The van der Waals surface area contributed by atoms with Crippen molar-refractivity contribution in [2.45, 2.75) is 30.1 Å². The SMILES string of the molecule is CCN(CC)C(=O)n1cc(Cl)c(Sc2ncccc2C(F)(F)F)n1. The summed E-state index contributed by atoms with van der Waals surface area (Å²) in [6.45, 7) is 4.58. The molecular formula is C14H14ClF3N4OS. The van der Waals surface area contributed by atoms with Crippen LogP contribution in [0.15, 0.2) is 34.6 Å². The molecule has 0 bridgehead atoms. The zero-order valence-corrected chi connectivity index (χ0v) is 14.4. The lowest BCUT2D eigenvalue weighted by molar-refractivity contribution is -0.140. The van der Waals surface area contributed by atoms with Crippen LogP contribution in [0.2, 0.25) is 5.02 Å². The lowest BCUT2D eigenvalue weighted by Gasteiger charge is -2.17. The molecule has 2 rings (SSSR count). The normalized spacial score (nSPS) is 11.6. The van der Waals surface area contributed by atoms with Gasteiger partial charge in [-0.2, -0.15) is 23.0 Å². The molecule has 24 heavy (non-hydrogen) atoms. The maximum absolute atomic E-state index is 13.0. The molecule has 0 aliphatic heterocycles. The molecular weight excluding hydrogens is 365 g/mol. The molecule has 2 heterocycles. The lowest BCUT2D eigenvalue weighted by Crippen LogP contribution is -2.34. The van der Waals surface area contributed by atoms with Crippen LogP contribution in [0, 0.1) is 0 Å². The van der Waals surface area contributed by atoms with Crippen molar-refractivity contribution >= 4 is 29.4 Å². The first-order valence-electron chi connectivity index (χ1n) is 7.02. The van der Waals surface area contributed by atoms with Gasteiger partial charge in [-0.3, -0.25) is 0 Å². The Bertz CT molecular complexity index is 731. The largest absolute Gasteiger partial charge is 0.419 e. The second-order valence-electron chi connectivity index (χ2n) is 4.64. The van der Waals surface area contributed by atoms with Gasteiger partial charge in [-0.05, 0) is 37.7 Å². The number of carbonyl (C=O) groups is 1. The molecule has 0 aromatic carbocycles. The van der Waals surface area contributed by atoms with Gasteiger partial charge in [0, 0.05) is 19.3 Å². The van der Waals surface area contributed by atoms with Crippen molar-refractivity contribution in [3.05, 3.63) is 35.1 Å². The summed E-state index contributed by atoms with van der Waals surface area (Å²) in [6, 6.07) is 1.74. The monoisotopic (exact) mass is 378 g/mol. The van der Waals surface area contributed by atoms with E-state index in [9.17, 15) is 18.0 Å². The third-order valence-corrected chi connectivity index (χ3v) is 4.54. The molecule has 2 aromatic rings. The quantitative estimate of drug-likeness (QED) is 0.790. The Morgan fingerprint density at radius 2 is 2.00 bits per heavy atom. The number of pyridine rings is 1. The van der Waals surface area contributed by atoms with Gasteiger partial charge in [0.05, 0.1) is 16.8 Å². The number of amides is 1. The van der Waals surface area contributed by atoms with Crippen molar-refractivity contribution in [2.75, 3.05) is 13.1 Å². The fourth-order valence-electron chi connectivity index (χ4n) is 1.92. The predicted molar refractivity (Wildman–Crippen MR) is 84.3 cm³/mol. The van der Waals surface area contributed by atoms with E-state index >= 15 is 0 Å². The molecule has 130 valence electrons. The van der Waals surface area contributed by atoms with Crippen molar-refractivity contribution in [1.82, 2.24) is 19.7 Å².